The van der Waals surface area contributed by atoms with Crippen LogP contribution in [0.2, 0.25) is 0 Å². The molecule has 1 aromatic rings. The fraction of sp³-hybridized carbons (Fsp3) is 0.455. The fourth-order valence-corrected chi connectivity index (χ4v) is 3.72. The summed E-state index contributed by atoms with van der Waals surface area (Å²) in [6, 6.07) is 3.92. The van der Waals surface area contributed by atoms with Gasteiger partial charge < -0.3 is 0 Å². The van der Waals surface area contributed by atoms with Crippen molar-refractivity contribution in [3.8, 4) is 6.07 Å². The maximum absolute atomic E-state index is 11.8. The molecule has 0 aromatic carbocycles. The number of nitrogens with zero attached hydrogens (tertiary/aromatic N) is 2. The van der Waals surface area contributed by atoms with Crippen LogP contribution in [0.15, 0.2) is 10.5 Å². The molecule has 0 spiro atoms. The van der Waals surface area contributed by atoms with E-state index < -0.39 is 0 Å². The van der Waals surface area contributed by atoms with Gasteiger partial charge in [-0.25, -0.2) is 5.06 Å². The Morgan fingerprint density at radius 1 is 1.76 bits per heavy atom. The predicted octanol–water partition coefficient (Wildman–Crippen LogP) is 2.51. The van der Waals surface area contributed by atoms with E-state index in [1.165, 1.54) is 23.5 Å². The number of rotatable bonds is 3. The lowest BCUT2D eigenvalue weighted by Gasteiger charge is -2.12. The van der Waals surface area contributed by atoms with E-state index in [1.807, 2.05) is 0 Å². The summed E-state index contributed by atoms with van der Waals surface area (Å²) in [7, 11) is 3.09. The second kappa shape index (κ2) is 4.77. The Kier molecular flexibility index (Phi) is 3.52. The first-order valence-electron chi connectivity index (χ1n) is 5.09. The lowest BCUT2D eigenvalue weighted by Crippen LogP contribution is -2.27. The molecule has 2 atom stereocenters. The van der Waals surface area contributed by atoms with Crippen LogP contribution in [-0.4, -0.2) is 25.1 Å². The van der Waals surface area contributed by atoms with Gasteiger partial charge in [0.05, 0.1) is 7.11 Å². The van der Waals surface area contributed by atoms with Gasteiger partial charge >= 0.3 is 0 Å². The molecule has 0 radical (unpaired) electrons. The summed E-state index contributed by atoms with van der Waals surface area (Å²) in [5.41, 5.74) is 0. The highest BCUT2D eigenvalue weighted by molar-refractivity contribution is 9.10. The van der Waals surface area contributed by atoms with Gasteiger partial charge in [-0.3, -0.25) is 9.63 Å². The summed E-state index contributed by atoms with van der Waals surface area (Å²) >= 11 is 4.88. The molecule has 6 heteroatoms. The van der Waals surface area contributed by atoms with Crippen molar-refractivity contribution in [2.24, 2.45) is 5.92 Å². The Hall–Kier alpha value is -0.900. The summed E-state index contributed by atoms with van der Waals surface area (Å²) in [6.07, 6.45) is 0.830. The van der Waals surface area contributed by atoms with E-state index >= 15 is 0 Å². The Morgan fingerprint density at radius 2 is 2.47 bits per heavy atom. The number of halogens is 1. The minimum atomic E-state index is -0.0126. The molecule has 1 saturated carbocycles. The summed E-state index contributed by atoms with van der Waals surface area (Å²) < 4.78 is 0.930. The van der Waals surface area contributed by atoms with Crippen LogP contribution < -0.4 is 0 Å². The van der Waals surface area contributed by atoms with Crippen LogP contribution in [-0.2, 0) is 9.63 Å². The average Bonchev–Trinajstić information content (AvgIpc) is 3.04. The molecule has 2 rings (SSSR count). The van der Waals surface area contributed by atoms with E-state index in [4.69, 9.17) is 10.1 Å². The van der Waals surface area contributed by atoms with Gasteiger partial charge in [0, 0.05) is 28.2 Å². The third kappa shape index (κ3) is 2.37. The second-order valence-corrected chi connectivity index (χ2v) is 5.84. The molecule has 0 unspecified atom stereocenters. The normalized spacial score (nSPS) is 22.0. The Morgan fingerprint density at radius 3 is 3.00 bits per heavy atom. The van der Waals surface area contributed by atoms with Gasteiger partial charge in [0.1, 0.15) is 10.9 Å². The number of hydrogen-bond donors (Lipinski definition) is 0. The van der Waals surface area contributed by atoms with Gasteiger partial charge in [-0.2, -0.15) is 5.26 Å². The molecule has 1 aromatic heterocycles. The molecule has 1 fully saturated rings. The van der Waals surface area contributed by atoms with Crippen molar-refractivity contribution in [3.63, 3.8) is 0 Å². The average molecular weight is 315 g/mol. The number of hydrogen-bond acceptors (Lipinski definition) is 4. The van der Waals surface area contributed by atoms with Gasteiger partial charge in [0.2, 0.25) is 5.91 Å². The van der Waals surface area contributed by atoms with Gasteiger partial charge in [-0.1, -0.05) is 0 Å². The Labute approximate surface area is 112 Å². The lowest BCUT2D eigenvalue weighted by molar-refractivity contribution is -0.170. The maximum atomic E-state index is 11.8. The molecule has 1 aliphatic carbocycles. The molecule has 90 valence electrons. The first-order chi connectivity index (χ1) is 8.08. The number of hydroxylamine groups is 2. The number of nitriles is 1. The van der Waals surface area contributed by atoms with Crippen molar-refractivity contribution < 1.29 is 9.63 Å². The predicted molar refractivity (Wildman–Crippen MR) is 67.4 cm³/mol. The van der Waals surface area contributed by atoms with E-state index in [0.29, 0.717) is 4.88 Å². The second-order valence-electron chi connectivity index (χ2n) is 3.90. The minimum Gasteiger partial charge on any atom is -0.275 e. The quantitative estimate of drug-likeness (QED) is 0.805. The van der Waals surface area contributed by atoms with Crippen LogP contribution in [0.25, 0.3) is 0 Å². The zero-order chi connectivity index (χ0) is 12.6. The highest BCUT2D eigenvalue weighted by atomic mass is 79.9. The molecule has 17 heavy (non-hydrogen) atoms. The number of carbonyl (C=O) groups excluding carboxylic acids is 1. The zero-order valence-corrected chi connectivity index (χ0v) is 11.8. The van der Waals surface area contributed by atoms with Crippen LogP contribution in [0.1, 0.15) is 22.1 Å². The van der Waals surface area contributed by atoms with Crippen molar-refractivity contribution in [1.29, 1.82) is 5.26 Å². The van der Waals surface area contributed by atoms with Gasteiger partial charge in [-0.05, 0) is 28.4 Å². The van der Waals surface area contributed by atoms with Crippen molar-refractivity contribution in [1.82, 2.24) is 5.06 Å². The molecule has 1 aliphatic rings. The highest BCUT2D eigenvalue weighted by Gasteiger charge is 2.47. The Bertz CT molecular complexity index is 494. The third-order valence-electron chi connectivity index (χ3n) is 2.85. The molecule has 0 N–H and O–H groups in total. The third-order valence-corrected chi connectivity index (χ3v) is 4.94. The first-order valence-corrected chi connectivity index (χ1v) is 6.70. The molecule has 1 amide bonds. The maximum Gasteiger partial charge on any atom is 0.249 e. The van der Waals surface area contributed by atoms with Crippen molar-refractivity contribution in [2.45, 2.75) is 12.3 Å². The number of thiophene rings is 1. The van der Waals surface area contributed by atoms with Crippen molar-refractivity contribution >= 4 is 33.2 Å². The van der Waals surface area contributed by atoms with E-state index in [-0.39, 0.29) is 17.7 Å². The molecule has 1 heterocycles. The van der Waals surface area contributed by atoms with Crippen LogP contribution in [0.3, 0.4) is 0 Å². The summed E-state index contributed by atoms with van der Waals surface area (Å²) in [6.45, 7) is 0. The highest BCUT2D eigenvalue weighted by Crippen LogP contribution is 2.53. The standard InChI is InChI=1S/C11H11BrN2O2S/c1-14(16-2)11(15)8-4-7(8)10-9(12)3-6(5-13)17-10/h3,7-8H,4H2,1-2H3/t7-,8-/m1/s1. The SMILES string of the molecule is CON(C)C(=O)[C@@H]1C[C@H]1c1sc(C#N)cc1Br. The van der Waals surface area contributed by atoms with Crippen LogP contribution in [0.4, 0.5) is 0 Å². The molecule has 0 saturated heterocycles. The van der Waals surface area contributed by atoms with Crippen LogP contribution in [0.5, 0.6) is 0 Å². The lowest BCUT2D eigenvalue weighted by atomic mass is 10.2. The summed E-state index contributed by atoms with van der Waals surface area (Å²) in [5.74, 6) is 0.208. The van der Waals surface area contributed by atoms with Crippen molar-refractivity contribution in [2.75, 3.05) is 14.2 Å². The van der Waals surface area contributed by atoms with Gasteiger partial charge in [0.15, 0.2) is 0 Å². The summed E-state index contributed by atoms with van der Waals surface area (Å²) in [4.78, 5) is 18.5. The van der Waals surface area contributed by atoms with E-state index in [1.54, 1.807) is 13.1 Å². The smallest absolute Gasteiger partial charge is 0.249 e. The monoisotopic (exact) mass is 314 g/mol. The van der Waals surface area contributed by atoms with Crippen LogP contribution in [0, 0.1) is 17.2 Å². The fourth-order valence-electron chi connectivity index (χ4n) is 1.77. The summed E-state index contributed by atoms with van der Waals surface area (Å²) in [5, 5.41) is 10.1. The topological polar surface area (TPSA) is 53.3 Å². The number of carbonyl (C=O) groups is 1. The minimum absolute atomic E-state index is 0.00342. The largest absolute Gasteiger partial charge is 0.275 e. The first kappa shape index (κ1) is 12.6. The molecular formula is C11H11BrN2O2S. The Balaban J connectivity index is 2.10. The van der Waals surface area contributed by atoms with Gasteiger partial charge in [0.25, 0.3) is 0 Å². The molecule has 4 nitrogen and oxygen atoms in total. The number of amides is 1. The zero-order valence-electron chi connectivity index (χ0n) is 9.44. The van der Waals surface area contributed by atoms with Crippen molar-refractivity contribution in [3.05, 3.63) is 20.3 Å². The van der Waals surface area contributed by atoms with E-state index in [2.05, 4.69) is 22.0 Å². The molecule has 0 aliphatic heterocycles. The van der Waals surface area contributed by atoms with E-state index in [9.17, 15) is 4.79 Å². The molecule has 0 bridgehead atoms. The molecular weight excluding hydrogens is 304 g/mol. The van der Waals surface area contributed by atoms with Crippen LogP contribution >= 0.6 is 27.3 Å². The van der Waals surface area contributed by atoms with Gasteiger partial charge in [-0.15, -0.1) is 11.3 Å². The van der Waals surface area contributed by atoms with E-state index in [0.717, 1.165) is 15.8 Å².